The normalized spacial score (nSPS) is 11.5. The van der Waals surface area contributed by atoms with Crippen LogP contribution in [0.25, 0.3) is 0 Å². The second kappa shape index (κ2) is 10.2. The molecule has 0 aliphatic carbocycles. The molecular formula is C25H22N4O3. The van der Waals surface area contributed by atoms with Crippen molar-refractivity contribution in [1.29, 1.82) is 0 Å². The van der Waals surface area contributed by atoms with Crippen molar-refractivity contribution in [2.24, 2.45) is 0 Å². The second-order valence-electron chi connectivity index (χ2n) is 7.12. The van der Waals surface area contributed by atoms with E-state index < -0.39 is 11.9 Å². The van der Waals surface area contributed by atoms with E-state index in [-0.39, 0.29) is 18.1 Å². The molecule has 0 fully saturated rings. The molecule has 2 aromatic heterocycles. The molecule has 0 saturated carbocycles. The number of carbonyl (C=O) groups is 2. The minimum Gasteiger partial charge on any atom is -0.467 e. The molecule has 2 amide bonds. The molecule has 0 radical (unpaired) electrons. The third kappa shape index (κ3) is 5.07. The molecule has 0 bridgehead atoms. The fourth-order valence-corrected chi connectivity index (χ4v) is 3.40. The first-order valence-corrected chi connectivity index (χ1v) is 10.2. The van der Waals surface area contributed by atoms with Gasteiger partial charge in [-0.1, -0.05) is 60.7 Å². The summed E-state index contributed by atoms with van der Waals surface area (Å²) in [6.45, 7) is 0.442. The van der Waals surface area contributed by atoms with Crippen LogP contribution < -0.4 is 5.32 Å². The average Bonchev–Trinajstić information content (AvgIpc) is 3.37. The van der Waals surface area contributed by atoms with Gasteiger partial charge in [-0.25, -0.2) is 4.98 Å². The summed E-state index contributed by atoms with van der Waals surface area (Å²) in [6, 6.07) is 21.4. The van der Waals surface area contributed by atoms with Gasteiger partial charge in [-0.05, 0) is 23.3 Å². The van der Waals surface area contributed by atoms with Crippen LogP contribution in [0.4, 0.5) is 0 Å². The maximum Gasteiger partial charge on any atom is 0.275 e. The molecule has 7 nitrogen and oxygen atoms in total. The summed E-state index contributed by atoms with van der Waals surface area (Å²) in [7, 11) is 0. The predicted molar refractivity (Wildman–Crippen MR) is 118 cm³/mol. The number of aromatic nitrogens is 2. The highest BCUT2D eigenvalue weighted by atomic mass is 16.3. The lowest BCUT2D eigenvalue weighted by Gasteiger charge is -2.30. The number of nitrogens with one attached hydrogen (secondary N) is 1. The van der Waals surface area contributed by atoms with Gasteiger partial charge in [-0.15, -0.1) is 0 Å². The summed E-state index contributed by atoms with van der Waals surface area (Å²) >= 11 is 0. The number of hydrogen-bond acceptors (Lipinski definition) is 5. The molecule has 32 heavy (non-hydrogen) atoms. The van der Waals surface area contributed by atoms with E-state index in [2.05, 4.69) is 15.3 Å². The molecule has 0 aliphatic rings. The molecule has 4 aromatic rings. The van der Waals surface area contributed by atoms with Gasteiger partial charge in [0.1, 0.15) is 17.5 Å². The van der Waals surface area contributed by atoms with Crippen LogP contribution in [-0.4, -0.2) is 26.7 Å². The highest BCUT2D eigenvalue weighted by Gasteiger charge is 2.33. The van der Waals surface area contributed by atoms with E-state index in [1.165, 1.54) is 29.8 Å². The number of carbonyl (C=O) groups excluding carboxylic acids is 2. The molecule has 0 spiro atoms. The number of amides is 2. The second-order valence-corrected chi connectivity index (χ2v) is 7.12. The number of nitrogens with zero attached hydrogens (tertiary/aromatic N) is 3. The van der Waals surface area contributed by atoms with Crippen LogP contribution >= 0.6 is 0 Å². The zero-order chi connectivity index (χ0) is 22.2. The van der Waals surface area contributed by atoms with Gasteiger partial charge in [0.25, 0.3) is 5.91 Å². The SMILES string of the molecule is O=C(NCc1ccccc1)C(c1ccccc1)N(Cc1ccco1)C(=O)c1cnccn1. The van der Waals surface area contributed by atoms with Crippen LogP contribution in [0.3, 0.4) is 0 Å². The quantitative estimate of drug-likeness (QED) is 0.463. The molecule has 1 atom stereocenters. The molecule has 1 unspecified atom stereocenters. The molecule has 7 heteroatoms. The smallest absolute Gasteiger partial charge is 0.275 e. The molecule has 0 saturated heterocycles. The van der Waals surface area contributed by atoms with Gasteiger partial charge in [0, 0.05) is 18.9 Å². The van der Waals surface area contributed by atoms with Crippen molar-refractivity contribution in [3.05, 3.63) is 120 Å². The van der Waals surface area contributed by atoms with Crippen molar-refractivity contribution < 1.29 is 14.0 Å². The van der Waals surface area contributed by atoms with Crippen LogP contribution in [0.1, 0.15) is 33.4 Å². The van der Waals surface area contributed by atoms with Crippen molar-refractivity contribution in [1.82, 2.24) is 20.2 Å². The standard InChI is InChI=1S/C25H22N4O3/c30-24(28-16-19-8-3-1-4-9-19)23(20-10-5-2-6-11-20)29(18-21-12-7-15-32-21)25(31)22-17-26-13-14-27-22/h1-15,17,23H,16,18H2,(H,28,30). The highest BCUT2D eigenvalue weighted by molar-refractivity contribution is 5.96. The Bertz CT molecular complexity index is 1130. The number of hydrogen-bond donors (Lipinski definition) is 1. The van der Waals surface area contributed by atoms with Gasteiger partial charge in [-0.3, -0.25) is 14.6 Å². The van der Waals surface area contributed by atoms with E-state index in [9.17, 15) is 9.59 Å². The van der Waals surface area contributed by atoms with Crippen LogP contribution in [0.2, 0.25) is 0 Å². The summed E-state index contributed by atoms with van der Waals surface area (Å²) in [6.07, 6.45) is 5.87. The summed E-state index contributed by atoms with van der Waals surface area (Å²) in [5, 5.41) is 2.96. The number of furan rings is 1. The largest absolute Gasteiger partial charge is 0.467 e. The van der Waals surface area contributed by atoms with Crippen LogP contribution in [0.5, 0.6) is 0 Å². The first kappa shape index (κ1) is 21.0. The third-order valence-electron chi connectivity index (χ3n) is 4.93. The van der Waals surface area contributed by atoms with Gasteiger partial charge < -0.3 is 14.6 Å². The zero-order valence-electron chi connectivity index (χ0n) is 17.3. The summed E-state index contributed by atoms with van der Waals surface area (Å²) < 4.78 is 5.48. The Kier molecular flexibility index (Phi) is 6.67. The van der Waals surface area contributed by atoms with E-state index in [1.54, 1.807) is 12.1 Å². The highest BCUT2D eigenvalue weighted by Crippen LogP contribution is 2.25. The Morgan fingerprint density at radius 2 is 1.69 bits per heavy atom. The zero-order valence-corrected chi connectivity index (χ0v) is 17.3. The van der Waals surface area contributed by atoms with Crippen LogP contribution in [0, 0.1) is 0 Å². The predicted octanol–water partition coefficient (Wildman–Crippen LogP) is 3.77. The Hall–Kier alpha value is -4.26. The first-order valence-electron chi connectivity index (χ1n) is 10.2. The topological polar surface area (TPSA) is 88.3 Å². The third-order valence-corrected chi connectivity index (χ3v) is 4.93. The summed E-state index contributed by atoms with van der Waals surface area (Å²) in [5.41, 5.74) is 1.79. The molecule has 160 valence electrons. The van der Waals surface area contributed by atoms with Crippen molar-refractivity contribution in [3.63, 3.8) is 0 Å². The van der Waals surface area contributed by atoms with Crippen LogP contribution in [-0.2, 0) is 17.9 Å². The Labute approximate surface area is 185 Å². The van der Waals surface area contributed by atoms with Crippen molar-refractivity contribution >= 4 is 11.8 Å². The van der Waals surface area contributed by atoms with Gasteiger partial charge in [0.2, 0.25) is 5.91 Å². The van der Waals surface area contributed by atoms with E-state index in [0.29, 0.717) is 17.9 Å². The molecule has 4 rings (SSSR count). The van der Waals surface area contributed by atoms with Crippen molar-refractivity contribution in [2.45, 2.75) is 19.1 Å². The van der Waals surface area contributed by atoms with Gasteiger partial charge >= 0.3 is 0 Å². The van der Waals surface area contributed by atoms with E-state index in [1.807, 2.05) is 60.7 Å². The van der Waals surface area contributed by atoms with Gasteiger partial charge in [0.15, 0.2) is 0 Å². The lowest BCUT2D eigenvalue weighted by Crippen LogP contribution is -2.43. The average molecular weight is 426 g/mol. The number of benzene rings is 2. The molecule has 0 aliphatic heterocycles. The van der Waals surface area contributed by atoms with Gasteiger partial charge in [-0.2, -0.15) is 0 Å². The Balaban J connectivity index is 1.68. The van der Waals surface area contributed by atoms with Crippen molar-refractivity contribution in [3.8, 4) is 0 Å². The Morgan fingerprint density at radius 3 is 2.34 bits per heavy atom. The maximum absolute atomic E-state index is 13.5. The first-order chi connectivity index (χ1) is 15.7. The lowest BCUT2D eigenvalue weighted by atomic mass is 10.0. The summed E-state index contributed by atoms with van der Waals surface area (Å²) in [5.74, 6) is -0.166. The fourth-order valence-electron chi connectivity index (χ4n) is 3.40. The lowest BCUT2D eigenvalue weighted by molar-refractivity contribution is -0.126. The molecular weight excluding hydrogens is 404 g/mol. The number of rotatable bonds is 8. The minimum atomic E-state index is -0.889. The molecule has 2 heterocycles. The minimum absolute atomic E-state index is 0.0979. The van der Waals surface area contributed by atoms with E-state index in [0.717, 1.165) is 5.56 Å². The van der Waals surface area contributed by atoms with Crippen molar-refractivity contribution in [2.75, 3.05) is 0 Å². The maximum atomic E-state index is 13.5. The monoisotopic (exact) mass is 426 g/mol. The molecule has 1 N–H and O–H groups in total. The summed E-state index contributed by atoms with van der Waals surface area (Å²) in [4.78, 5) is 36.5. The molecule has 2 aromatic carbocycles. The fraction of sp³-hybridized carbons (Fsp3) is 0.120. The van der Waals surface area contributed by atoms with Gasteiger partial charge in [0.05, 0.1) is 19.0 Å². The van der Waals surface area contributed by atoms with E-state index in [4.69, 9.17) is 4.42 Å². The Morgan fingerprint density at radius 1 is 0.938 bits per heavy atom. The van der Waals surface area contributed by atoms with E-state index >= 15 is 0 Å². The van der Waals surface area contributed by atoms with Crippen LogP contribution in [0.15, 0.2) is 102 Å².